The molecule has 0 aromatic carbocycles. The predicted molar refractivity (Wildman–Crippen MR) is 74.9 cm³/mol. The summed E-state index contributed by atoms with van der Waals surface area (Å²) in [7, 11) is 0. The lowest BCUT2D eigenvalue weighted by Crippen LogP contribution is -2.52. The molecule has 0 radical (unpaired) electrons. The highest BCUT2D eigenvalue weighted by atomic mass is 16.2. The fourth-order valence-electron chi connectivity index (χ4n) is 2.27. The number of amides is 2. The molecule has 2 amide bonds. The van der Waals surface area contributed by atoms with Crippen molar-refractivity contribution in [1.29, 1.82) is 0 Å². The molecule has 0 unspecified atom stereocenters. The van der Waals surface area contributed by atoms with Crippen LogP contribution in [0.4, 0.5) is 0 Å². The lowest BCUT2D eigenvalue weighted by atomic mass is 10.4. The summed E-state index contributed by atoms with van der Waals surface area (Å²) >= 11 is 0. The molecule has 2 saturated heterocycles. The normalized spacial score (nSPS) is 21.4. The summed E-state index contributed by atoms with van der Waals surface area (Å²) in [6.45, 7) is 8.12. The molecule has 2 rings (SSSR count). The van der Waals surface area contributed by atoms with Gasteiger partial charge in [-0.05, 0) is 0 Å². The molecule has 2 aliphatic heterocycles. The van der Waals surface area contributed by atoms with Crippen molar-refractivity contribution < 1.29 is 9.59 Å². The fraction of sp³-hybridized carbons (Fsp3) is 0.833. The molecular formula is C12H24N6O2. The Labute approximate surface area is 119 Å². The van der Waals surface area contributed by atoms with Crippen molar-refractivity contribution >= 4 is 11.8 Å². The molecule has 0 spiro atoms. The van der Waals surface area contributed by atoms with Gasteiger partial charge in [0.25, 0.3) is 0 Å². The van der Waals surface area contributed by atoms with Crippen LogP contribution in [0.25, 0.3) is 0 Å². The number of carbonyl (C=O) groups is 2. The van der Waals surface area contributed by atoms with Crippen LogP contribution in [0, 0.1) is 0 Å². The van der Waals surface area contributed by atoms with Crippen LogP contribution in [0.3, 0.4) is 0 Å². The van der Waals surface area contributed by atoms with E-state index in [1.54, 1.807) is 0 Å². The first kappa shape index (κ1) is 15.2. The van der Waals surface area contributed by atoms with Gasteiger partial charge in [-0.15, -0.1) is 0 Å². The van der Waals surface area contributed by atoms with Gasteiger partial charge in [-0.1, -0.05) is 0 Å². The predicted octanol–water partition coefficient (Wildman–Crippen LogP) is -3.06. The maximum absolute atomic E-state index is 11.7. The maximum Gasteiger partial charge on any atom is 0.310 e. The molecule has 8 nitrogen and oxygen atoms in total. The Hall–Kier alpha value is -1.22. The molecule has 20 heavy (non-hydrogen) atoms. The quantitative estimate of drug-likeness (QED) is 0.410. The Kier molecular flexibility index (Phi) is 6.19. The molecule has 0 aromatic rings. The van der Waals surface area contributed by atoms with Gasteiger partial charge in [0.15, 0.2) is 0 Å². The van der Waals surface area contributed by atoms with Gasteiger partial charge in [-0.2, -0.15) is 0 Å². The van der Waals surface area contributed by atoms with Crippen molar-refractivity contribution in [3.8, 4) is 0 Å². The largest absolute Gasteiger partial charge is 0.335 e. The van der Waals surface area contributed by atoms with Crippen LogP contribution in [0.15, 0.2) is 0 Å². The van der Waals surface area contributed by atoms with Crippen LogP contribution >= 0.6 is 0 Å². The summed E-state index contributed by atoms with van der Waals surface area (Å²) in [6, 6.07) is 0. The number of hydrogen-bond donors (Lipinski definition) is 4. The van der Waals surface area contributed by atoms with E-state index in [1.807, 2.05) is 0 Å². The van der Waals surface area contributed by atoms with E-state index < -0.39 is 11.8 Å². The SMILES string of the molecule is O=C(NCN1CCNCC1)C(=O)NCN1CCNCC1. The Morgan fingerprint density at radius 1 is 0.750 bits per heavy atom. The van der Waals surface area contributed by atoms with Gasteiger partial charge in [-0.25, -0.2) is 0 Å². The zero-order chi connectivity index (χ0) is 14.2. The highest BCUT2D eigenvalue weighted by Gasteiger charge is 2.17. The second-order valence-corrected chi connectivity index (χ2v) is 5.06. The van der Waals surface area contributed by atoms with Crippen LogP contribution in [0.1, 0.15) is 0 Å². The van der Waals surface area contributed by atoms with Crippen molar-refractivity contribution in [1.82, 2.24) is 31.1 Å². The van der Waals surface area contributed by atoms with Crippen molar-refractivity contribution in [2.24, 2.45) is 0 Å². The van der Waals surface area contributed by atoms with Crippen LogP contribution in [0.5, 0.6) is 0 Å². The molecule has 0 aliphatic carbocycles. The first-order chi connectivity index (χ1) is 9.75. The monoisotopic (exact) mass is 284 g/mol. The molecule has 0 atom stereocenters. The van der Waals surface area contributed by atoms with E-state index in [0.717, 1.165) is 52.4 Å². The third kappa shape index (κ3) is 5.04. The van der Waals surface area contributed by atoms with E-state index in [4.69, 9.17) is 0 Å². The number of nitrogens with one attached hydrogen (secondary N) is 4. The Bertz CT molecular complexity index is 294. The molecule has 2 fully saturated rings. The summed E-state index contributed by atoms with van der Waals surface area (Å²) in [5, 5.41) is 11.8. The Morgan fingerprint density at radius 2 is 1.10 bits per heavy atom. The van der Waals surface area contributed by atoms with Gasteiger partial charge in [-0.3, -0.25) is 19.4 Å². The van der Waals surface area contributed by atoms with E-state index in [9.17, 15) is 9.59 Å². The van der Waals surface area contributed by atoms with E-state index >= 15 is 0 Å². The molecule has 114 valence electrons. The zero-order valence-corrected chi connectivity index (χ0v) is 11.8. The maximum atomic E-state index is 11.7. The van der Waals surface area contributed by atoms with Crippen molar-refractivity contribution in [3.05, 3.63) is 0 Å². The van der Waals surface area contributed by atoms with E-state index in [2.05, 4.69) is 31.1 Å². The second-order valence-electron chi connectivity index (χ2n) is 5.06. The molecular weight excluding hydrogens is 260 g/mol. The highest BCUT2D eigenvalue weighted by Crippen LogP contribution is 1.90. The Morgan fingerprint density at radius 3 is 1.45 bits per heavy atom. The average molecular weight is 284 g/mol. The van der Waals surface area contributed by atoms with Crippen LogP contribution < -0.4 is 21.3 Å². The van der Waals surface area contributed by atoms with Crippen molar-refractivity contribution in [2.45, 2.75) is 0 Å². The molecule has 0 bridgehead atoms. The van der Waals surface area contributed by atoms with Crippen molar-refractivity contribution in [3.63, 3.8) is 0 Å². The lowest BCUT2D eigenvalue weighted by Gasteiger charge is -2.28. The third-order valence-corrected chi connectivity index (χ3v) is 3.55. The van der Waals surface area contributed by atoms with Crippen molar-refractivity contribution in [2.75, 3.05) is 65.7 Å². The fourth-order valence-corrected chi connectivity index (χ4v) is 2.27. The zero-order valence-electron chi connectivity index (χ0n) is 11.8. The summed E-state index contributed by atoms with van der Waals surface area (Å²) in [6.07, 6.45) is 0. The topological polar surface area (TPSA) is 88.7 Å². The number of carbonyl (C=O) groups excluding carboxylic acids is 2. The van der Waals surface area contributed by atoms with Gasteiger partial charge in [0, 0.05) is 52.4 Å². The molecule has 8 heteroatoms. The number of nitrogens with zero attached hydrogens (tertiary/aromatic N) is 2. The number of rotatable bonds is 4. The number of hydrogen-bond acceptors (Lipinski definition) is 6. The van der Waals surface area contributed by atoms with Gasteiger partial charge >= 0.3 is 11.8 Å². The van der Waals surface area contributed by atoms with Gasteiger partial charge in [0.1, 0.15) is 0 Å². The summed E-state index contributed by atoms with van der Waals surface area (Å²) in [5.74, 6) is -1.11. The van der Waals surface area contributed by atoms with Gasteiger partial charge in [0.2, 0.25) is 0 Å². The molecule has 2 aliphatic rings. The molecule has 0 aromatic heterocycles. The highest BCUT2D eigenvalue weighted by molar-refractivity contribution is 6.35. The van der Waals surface area contributed by atoms with Gasteiger partial charge in [0.05, 0.1) is 13.3 Å². The molecule has 2 heterocycles. The average Bonchev–Trinajstić information content (AvgIpc) is 2.52. The van der Waals surface area contributed by atoms with Crippen LogP contribution in [-0.4, -0.2) is 87.3 Å². The Balaban J connectivity index is 1.59. The first-order valence-electron chi connectivity index (χ1n) is 7.18. The summed E-state index contributed by atoms with van der Waals surface area (Å²) in [4.78, 5) is 27.5. The summed E-state index contributed by atoms with van der Waals surface area (Å²) in [5.41, 5.74) is 0. The van der Waals surface area contributed by atoms with Crippen LogP contribution in [-0.2, 0) is 9.59 Å². The van der Waals surface area contributed by atoms with Gasteiger partial charge < -0.3 is 21.3 Å². The lowest BCUT2D eigenvalue weighted by molar-refractivity contribution is -0.140. The first-order valence-corrected chi connectivity index (χ1v) is 7.18. The molecule has 0 saturated carbocycles. The second kappa shape index (κ2) is 8.15. The van der Waals surface area contributed by atoms with Crippen LogP contribution in [0.2, 0.25) is 0 Å². The third-order valence-electron chi connectivity index (χ3n) is 3.55. The van der Waals surface area contributed by atoms with E-state index in [1.165, 1.54) is 0 Å². The van der Waals surface area contributed by atoms with E-state index in [0.29, 0.717) is 13.3 Å². The minimum Gasteiger partial charge on any atom is -0.335 e. The minimum absolute atomic E-state index is 0.432. The van der Waals surface area contributed by atoms with E-state index in [-0.39, 0.29) is 0 Å². The number of piperazine rings is 2. The molecule has 4 N–H and O–H groups in total. The summed E-state index contributed by atoms with van der Waals surface area (Å²) < 4.78 is 0. The standard InChI is InChI=1S/C12H24N6O2/c19-11(15-9-17-5-1-13-2-6-17)12(20)16-10-18-7-3-14-4-8-18/h13-14H,1-10H2,(H,15,19)(H,16,20). The minimum atomic E-state index is -0.557. The smallest absolute Gasteiger partial charge is 0.310 e.